The number of hydrogen-bond acceptors (Lipinski definition) is 2. The Labute approximate surface area is 110 Å². The maximum atomic E-state index is 4.29. The van der Waals surface area contributed by atoms with E-state index in [0.717, 1.165) is 23.8 Å². The Morgan fingerprint density at radius 1 is 1.12 bits per heavy atom. The standard InChI is InChI=1S/C13H16BrN3/c1-10(2)8-12-15-16-13(9-14)17(12)11-6-4-3-5-7-11/h3-7,10H,8-9H2,1-2H3. The van der Waals surface area contributed by atoms with Gasteiger partial charge in [0, 0.05) is 12.1 Å². The van der Waals surface area contributed by atoms with Gasteiger partial charge in [0.05, 0.1) is 5.33 Å². The molecule has 0 aliphatic rings. The first-order valence-corrected chi connectivity index (χ1v) is 6.89. The first kappa shape index (κ1) is 12.3. The Balaban J connectivity index is 2.46. The molecule has 0 N–H and O–H groups in total. The Morgan fingerprint density at radius 3 is 2.35 bits per heavy atom. The van der Waals surface area contributed by atoms with Gasteiger partial charge >= 0.3 is 0 Å². The van der Waals surface area contributed by atoms with Crippen molar-refractivity contribution >= 4 is 15.9 Å². The van der Waals surface area contributed by atoms with Crippen molar-refractivity contribution in [2.24, 2.45) is 5.92 Å². The molecule has 1 aromatic carbocycles. The maximum Gasteiger partial charge on any atom is 0.148 e. The van der Waals surface area contributed by atoms with E-state index in [1.807, 2.05) is 18.2 Å². The van der Waals surface area contributed by atoms with Crippen LogP contribution in [0.15, 0.2) is 30.3 Å². The normalized spacial score (nSPS) is 11.1. The molecule has 1 heterocycles. The van der Waals surface area contributed by atoms with Crippen LogP contribution in [0, 0.1) is 5.92 Å². The number of alkyl halides is 1. The van der Waals surface area contributed by atoms with Gasteiger partial charge in [0.2, 0.25) is 0 Å². The largest absolute Gasteiger partial charge is 0.282 e. The van der Waals surface area contributed by atoms with Gasteiger partial charge in [-0.2, -0.15) is 0 Å². The molecular weight excluding hydrogens is 278 g/mol. The summed E-state index contributed by atoms with van der Waals surface area (Å²) in [5, 5.41) is 9.23. The average Bonchev–Trinajstić information content (AvgIpc) is 2.72. The van der Waals surface area contributed by atoms with E-state index in [2.05, 4.69) is 56.7 Å². The lowest BCUT2D eigenvalue weighted by Gasteiger charge is -2.10. The van der Waals surface area contributed by atoms with Gasteiger partial charge in [0.15, 0.2) is 0 Å². The fourth-order valence-electron chi connectivity index (χ4n) is 1.81. The Morgan fingerprint density at radius 2 is 1.76 bits per heavy atom. The molecule has 0 spiro atoms. The molecule has 0 radical (unpaired) electrons. The SMILES string of the molecule is CC(C)Cc1nnc(CBr)n1-c1ccccc1. The quantitative estimate of drug-likeness (QED) is 0.810. The molecule has 0 fully saturated rings. The molecule has 0 saturated heterocycles. The van der Waals surface area contributed by atoms with E-state index < -0.39 is 0 Å². The highest BCUT2D eigenvalue weighted by atomic mass is 79.9. The minimum absolute atomic E-state index is 0.574. The first-order valence-electron chi connectivity index (χ1n) is 5.77. The summed E-state index contributed by atoms with van der Waals surface area (Å²) in [6.07, 6.45) is 0.939. The van der Waals surface area contributed by atoms with Crippen LogP contribution < -0.4 is 0 Å². The summed E-state index contributed by atoms with van der Waals surface area (Å²) in [7, 11) is 0. The second-order valence-electron chi connectivity index (χ2n) is 4.44. The summed E-state index contributed by atoms with van der Waals surface area (Å²) in [5.41, 5.74) is 1.13. The zero-order chi connectivity index (χ0) is 12.3. The second kappa shape index (κ2) is 5.45. The summed E-state index contributed by atoms with van der Waals surface area (Å²) < 4.78 is 2.13. The summed E-state index contributed by atoms with van der Waals surface area (Å²) in [6, 6.07) is 10.3. The predicted octanol–water partition coefficient (Wildman–Crippen LogP) is 3.36. The Kier molecular flexibility index (Phi) is 3.94. The molecule has 17 heavy (non-hydrogen) atoms. The topological polar surface area (TPSA) is 30.7 Å². The van der Waals surface area contributed by atoms with Crippen LogP contribution in [-0.2, 0) is 11.8 Å². The number of halogens is 1. The molecule has 1 aromatic heterocycles. The maximum absolute atomic E-state index is 4.29. The Hall–Kier alpha value is -1.16. The van der Waals surface area contributed by atoms with Gasteiger partial charge in [-0.15, -0.1) is 10.2 Å². The highest BCUT2D eigenvalue weighted by Crippen LogP contribution is 2.17. The van der Waals surface area contributed by atoms with Gasteiger partial charge in [0.1, 0.15) is 11.6 Å². The number of para-hydroxylation sites is 1. The molecule has 0 saturated carbocycles. The van der Waals surface area contributed by atoms with Crippen molar-refractivity contribution in [3.05, 3.63) is 42.0 Å². The van der Waals surface area contributed by atoms with Gasteiger partial charge in [0.25, 0.3) is 0 Å². The molecule has 0 aliphatic carbocycles. The Bertz CT molecular complexity index is 477. The van der Waals surface area contributed by atoms with Gasteiger partial charge in [-0.1, -0.05) is 48.0 Å². The van der Waals surface area contributed by atoms with Crippen molar-refractivity contribution < 1.29 is 0 Å². The van der Waals surface area contributed by atoms with E-state index in [9.17, 15) is 0 Å². The minimum Gasteiger partial charge on any atom is -0.282 e. The lowest BCUT2D eigenvalue weighted by Crippen LogP contribution is -2.07. The summed E-state index contributed by atoms with van der Waals surface area (Å²) in [6.45, 7) is 4.38. The van der Waals surface area contributed by atoms with Crippen molar-refractivity contribution in [2.45, 2.75) is 25.6 Å². The van der Waals surface area contributed by atoms with Crippen molar-refractivity contribution in [1.29, 1.82) is 0 Å². The smallest absolute Gasteiger partial charge is 0.148 e. The third-order valence-corrected chi connectivity index (χ3v) is 3.02. The highest BCUT2D eigenvalue weighted by Gasteiger charge is 2.13. The minimum atomic E-state index is 0.574. The van der Waals surface area contributed by atoms with Crippen LogP contribution in [0.4, 0.5) is 0 Å². The molecule has 0 aliphatic heterocycles. The summed E-state index contributed by atoms with van der Waals surface area (Å²) >= 11 is 3.46. The number of benzene rings is 1. The van der Waals surface area contributed by atoms with E-state index in [1.165, 1.54) is 0 Å². The van der Waals surface area contributed by atoms with Crippen LogP contribution in [0.5, 0.6) is 0 Å². The number of aromatic nitrogens is 3. The van der Waals surface area contributed by atoms with Gasteiger partial charge in [-0.05, 0) is 18.1 Å². The van der Waals surface area contributed by atoms with Gasteiger partial charge < -0.3 is 0 Å². The lowest BCUT2D eigenvalue weighted by atomic mass is 10.1. The molecule has 90 valence electrons. The van der Waals surface area contributed by atoms with Crippen LogP contribution in [0.1, 0.15) is 25.5 Å². The molecule has 0 atom stereocenters. The van der Waals surface area contributed by atoms with Gasteiger partial charge in [-0.3, -0.25) is 4.57 Å². The second-order valence-corrected chi connectivity index (χ2v) is 5.00. The number of hydrogen-bond donors (Lipinski definition) is 0. The number of rotatable bonds is 4. The first-order chi connectivity index (χ1) is 8.22. The van der Waals surface area contributed by atoms with Crippen molar-refractivity contribution in [1.82, 2.24) is 14.8 Å². The zero-order valence-corrected chi connectivity index (χ0v) is 11.7. The van der Waals surface area contributed by atoms with E-state index in [-0.39, 0.29) is 0 Å². The van der Waals surface area contributed by atoms with E-state index in [0.29, 0.717) is 11.2 Å². The van der Waals surface area contributed by atoms with Crippen LogP contribution in [0.2, 0.25) is 0 Å². The van der Waals surface area contributed by atoms with E-state index in [1.54, 1.807) is 0 Å². The summed E-state index contributed by atoms with van der Waals surface area (Å²) in [5.74, 6) is 2.55. The van der Waals surface area contributed by atoms with Crippen LogP contribution >= 0.6 is 15.9 Å². The fraction of sp³-hybridized carbons (Fsp3) is 0.385. The zero-order valence-electron chi connectivity index (χ0n) is 10.1. The fourth-order valence-corrected chi connectivity index (χ4v) is 2.18. The molecule has 3 nitrogen and oxygen atoms in total. The third kappa shape index (κ3) is 2.75. The molecule has 0 unspecified atom stereocenters. The average molecular weight is 294 g/mol. The van der Waals surface area contributed by atoms with Crippen LogP contribution in [0.25, 0.3) is 5.69 Å². The molecule has 4 heteroatoms. The summed E-state index contributed by atoms with van der Waals surface area (Å²) in [4.78, 5) is 0. The van der Waals surface area contributed by atoms with Crippen molar-refractivity contribution in [3.63, 3.8) is 0 Å². The molecular formula is C13H16BrN3. The molecule has 2 rings (SSSR count). The lowest BCUT2D eigenvalue weighted by molar-refractivity contribution is 0.611. The van der Waals surface area contributed by atoms with E-state index >= 15 is 0 Å². The molecule has 0 amide bonds. The predicted molar refractivity (Wildman–Crippen MR) is 72.5 cm³/mol. The third-order valence-electron chi connectivity index (χ3n) is 2.52. The van der Waals surface area contributed by atoms with Crippen molar-refractivity contribution in [3.8, 4) is 5.69 Å². The van der Waals surface area contributed by atoms with Crippen LogP contribution in [-0.4, -0.2) is 14.8 Å². The number of nitrogens with zero attached hydrogens (tertiary/aromatic N) is 3. The highest BCUT2D eigenvalue weighted by molar-refractivity contribution is 9.08. The van der Waals surface area contributed by atoms with Crippen molar-refractivity contribution in [2.75, 3.05) is 0 Å². The molecule has 2 aromatic rings. The van der Waals surface area contributed by atoms with Gasteiger partial charge in [-0.25, -0.2) is 0 Å². The van der Waals surface area contributed by atoms with Crippen LogP contribution in [0.3, 0.4) is 0 Å². The monoisotopic (exact) mass is 293 g/mol. The van der Waals surface area contributed by atoms with E-state index in [4.69, 9.17) is 0 Å². The molecule has 0 bridgehead atoms.